The van der Waals surface area contributed by atoms with Crippen molar-refractivity contribution >= 4 is 38.3 Å². The van der Waals surface area contributed by atoms with Gasteiger partial charge in [-0.05, 0) is 32.3 Å². The molecule has 6 nitrogen and oxygen atoms in total. The van der Waals surface area contributed by atoms with Crippen LogP contribution in [-0.2, 0) is 22.6 Å². The number of benzene rings is 2. The van der Waals surface area contributed by atoms with E-state index in [9.17, 15) is 23.5 Å². The maximum absolute atomic E-state index is 14.3. The Morgan fingerprint density at radius 3 is 2.42 bits per heavy atom. The number of aromatic hydroxyl groups is 1. The Morgan fingerprint density at radius 1 is 1.13 bits per heavy atom. The number of halogens is 2. The van der Waals surface area contributed by atoms with E-state index >= 15 is 0 Å². The smallest absolute Gasteiger partial charge is 0.341 e. The summed E-state index contributed by atoms with van der Waals surface area (Å²) in [6, 6.07) is 6.19. The highest BCUT2D eigenvalue weighted by molar-refractivity contribution is 7.23. The summed E-state index contributed by atoms with van der Waals surface area (Å²) in [6.45, 7) is 1.49. The zero-order valence-corrected chi connectivity index (χ0v) is 18.3. The van der Waals surface area contributed by atoms with E-state index in [4.69, 9.17) is 4.74 Å². The van der Waals surface area contributed by atoms with Gasteiger partial charge in [-0.25, -0.2) is 13.6 Å². The topological polar surface area (TPSA) is 70.1 Å². The molecule has 1 aromatic heterocycles. The summed E-state index contributed by atoms with van der Waals surface area (Å²) in [4.78, 5) is 28.3. The van der Waals surface area contributed by atoms with Gasteiger partial charge in [-0.3, -0.25) is 9.69 Å². The van der Waals surface area contributed by atoms with E-state index in [1.54, 1.807) is 6.07 Å². The van der Waals surface area contributed by atoms with Crippen LogP contribution in [0.4, 0.5) is 13.8 Å². The number of rotatable bonds is 6. The van der Waals surface area contributed by atoms with Gasteiger partial charge < -0.3 is 14.7 Å². The third-order valence-electron chi connectivity index (χ3n) is 4.75. The van der Waals surface area contributed by atoms with Crippen molar-refractivity contribution in [3.05, 3.63) is 58.7 Å². The number of esters is 1. The van der Waals surface area contributed by atoms with Crippen LogP contribution >= 0.6 is 11.3 Å². The molecule has 0 saturated heterocycles. The van der Waals surface area contributed by atoms with Gasteiger partial charge in [0.15, 0.2) is 0 Å². The van der Waals surface area contributed by atoms with Crippen molar-refractivity contribution in [2.24, 2.45) is 0 Å². The number of hydrogen-bond acceptors (Lipinski definition) is 6. The van der Waals surface area contributed by atoms with Crippen molar-refractivity contribution in [2.75, 3.05) is 26.1 Å². The number of amides is 1. The third-order valence-corrected chi connectivity index (χ3v) is 6.04. The van der Waals surface area contributed by atoms with Gasteiger partial charge in [0, 0.05) is 40.7 Å². The van der Waals surface area contributed by atoms with Crippen LogP contribution in [0.3, 0.4) is 0 Å². The monoisotopic (exact) mass is 448 g/mol. The summed E-state index contributed by atoms with van der Waals surface area (Å²) in [5.74, 6) is -2.55. The number of phenolic OH excluding ortho intramolecular Hbond substituents is 1. The first-order valence-electron chi connectivity index (χ1n) is 9.36. The lowest BCUT2D eigenvalue weighted by molar-refractivity contribution is -0.116. The van der Waals surface area contributed by atoms with E-state index in [2.05, 4.69) is 0 Å². The van der Waals surface area contributed by atoms with E-state index < -0.39 is 23.5 Å². The second-order valence-electron chi connectivity index (χ2n) is 7.29. The molecule has 3 rings (SSSR count). The number of nitrogens with zero attached hydrogens (tertiary/aromatic N) is 2. The predicted octanol–water partition coefficient (Wildman–Crippen LogP) is 4.29. The highest BCUT2D eigenvalue weighted by Crippen LogP contribution is 2.43. The van der Waals surface area contributed by atoms with Crippen LogP contribution in [0, 0.1) is 11.6 Å². The van der Waals surface area contributed by atoms with E-state index in [1.165, 1.54) is 31.1 Å². The van der Waals surface area contributed by atoms with Crippen molar-refractivity contribution in [3.8, 4) is 5.75 Å². The molecular weight excluding hydrogens is 426 g/mol. The van der Waals surface area contributed by atoms with Crippen LogP contribution in [-0.4, -0.2) is 43.1 Å². The van der Waals surface area contributed by atoms with E-state index in [0.29, 0.717) is 22.2 Å². The summed E-state index contributed by atoms with van der Waals surface area (Å²) in [7, 11) is 4.91. The molecule has 0 fully saturated rings. The highest BCUT2D eigenvalue weighted by Gasteiger charge is 2.28. The summed E-state index contributed by atoms with van der Waals surface area (Å²) >= 11 is 1.14. The number of hydrogen-bond donors (Lipinski definition) is 1. The fraction of sp³-hybridized carbons (Fsp3) is 0.273. The predicted molar refractivity (Wildman–Crippen MR) is 115 cm³/mol. The minimum Gasteiger partial charge on any atom is -0.508 e. The van der Waals surface area contributed by atoms with Crippen LogP contribution < -0.4 is 4.90 Å². The van der Waals surface area contributed by atoms with E-state index in [0.717, 1.165) is 23.5 Å². The lowest BCUT2D eigenvalue weighted by Crippen LogP contribution is -2.29. The highest BCUT2D eigenvalue weighted by atomic mass is 32.1. The molecule has 1 heterocycles. The summed E-state index contributed by atoms with van der Waals surface area (Å²) in [5, 5.41) is 11.2. The lowest BCUT2D eigenvalue weighted by atomic mass is 10.1. The second-order valence-corrected chi connectivity index (χ2v) is 8.29. The largest absolute Gasteiger partial charge is 0.508 e. The van der Waals surface area contributed by atoms with Gasteiger partial charge in [0.05, 0.1) is 13.7 Å². The first-order chi connectivity index (χ1) is 14.6. The number of methoxy groups -OCH3 is 1. The molecule has 2 aromatic carbocycles. The average molecular weight is 448 g/mol. The maximum atomic E-state index is 14.3. The Morgan fingerprint density at radius 2 is 1.84 bits per heavy atom. The van der Waals surface area contributed by atoms with Crippen LogP contribution in [0.15, 0.2) is 30.3 Å². The Labute approximate surface area is 182 Å². The number of phenols is 1. The van der Waals surface area contributed by atoms with Crippen molar-refractivity contribution in [3.63, 3.8) is 0 Å². The SMILES string of the molecule is COC(=O)c1c(N(Cc2ccc(F)cc2F)C(C)=O)sc2c(CN(C)C)c(O)ccc12. The minimum atomic E-state index is -0.794. The first-order valence-corrected chi connectivity index (χ1v) is 10.2. The van der Waals surface area contributed by atoms with Crippen molar-refractivity contribution in [1.82, 2.24) is 4.90 Å². The average Bonchev–Trinajstić information content (AvgIpc) is 3.07. The molecule has 0 atom stereocenters. The summed E-state index contributed by atoms with van der Waals surface area (Å²) < 4.78 is 33.1. The number of fused-ring (bicyclic) bond motifs is 1. The number of carbonyl (C=O) groups excluding carboxylic acids is 2. The Bertz CT molecular complexity index is 1160. The molecule has 3 aromatic rings. The van der Waals surface area contributed by atoms with Crippen molar-refractivity contribution < 1.29 is 28.2 Å². The zero-order valence-electron chi connectivity index (χ0n) is 17.5. The van der Waals surface area contributed by atoms with Crippen LogP contribution in [0.2, 0.25) is 0 Å². The van der Waals surface area contributed by atoms with Crippen molar-refractivity contribution in [1.29, 1.82) is 0 Å². The molecule has 164 valence electrons. The standard InChI is InChI=1S/C22H22F2N2O4S/c1-12(27)26(10-13-5-6-14(23)9-17(13)24)21-19(22(29)30-4)15-7-8-18(28)16(11-25(2)3)20(15)31-21/h5-9,28H,10-11H2,1-4H3. The maximum Gasteiger partial charge on any atom is 0.341 e. The van der Waals surface area contributed by atoms with E-state index in [-0.39, 0.29) is 28.4 Å². The molecule has 9 heteroatoms. The van der Waals surface area contributed by atoms with Crippen LogP contribution in [0.5, 0.6) is 5.75 Å². The lowest BCUT2D eigenvalue weighted by Gasteiger charge is -2.21. The van der Waals surface area contributed by atoms with Gasteiger partial charge in [-0.2, -0.15) is 0 Å². The number of carbonyl (C=O) groups is 2. The first kappa shape index (κ1) is 22.6. The fourth-order valence-corrected chi connectivity index (χ4v) is 4.66. The van der Waals surface area contributed by atoms with E-state index in [1.807, 2.05) is 19.0 Å². The summed E-state index contributed by atoms with van der Waals surface area (Å²) in [5.41, 5.74) is 0.849. The molecule has 0 spiro atoms. The van der Waals surface area contributed by atoms with Gasteiger partial charge in [0.1, 0.15) is 27.9 Å². The van der Waals surface area contributed by atoms with Gasteiger partial charge in [0.2, 0.25) is 5.91 Å². The van der Waals surface area contributed by atoms with Crippen LogP contribution in [0.1, 0.15) is 28.4 Å². The minimum absolute atomic E-state index is 0.0596. The van der Waals surface area contributed by atoms with Gasteiger partial charge >= 0.3 is 5.97 Å². The zero-order chi connectivity index (χ0) is 22.9. The molecule has 0 bridgehead atoms. The second kappa shape index (κ2) is 8.99. The molecule has 0 aliphatic heterocycles. The molecule has 1 N–H and O–H groups in total. The Kier molecular flexibility index (Phi) is 6.56. The van der Waals surface area contributed by atoms with Gasteiger partial charge in [-0.1, -0.05) is 6.07 Å². The summed E-state index contributed by atoms with van der Waals surface area (Å²) in [6.07, 6.45) is 0. The molecular formula is C22H22F2N2O4S. The molecule has 0 radical (unpaired) electrons. The molecule has 0 saturated carbocycles. The normalized spacial score (nSPS) is 11.2. The third kappa shape index (κ3) is 4.52. The molecule has 0 unspecified atom stereocenters. The molecule has 31 heavy (non-hydrogen) atoms. The number of ether oxygens (including phenoxy) is 1. The number of anilines is 1. The Balaban J connectivity index is 2.23. The Hall–Kier alpha value is -3.04. The van der Waals surface area contributed by atoms with Crippen molar-refractivity contribution in [2.45, 2.75) is 20.0 Å². The number of thiophene rings is 1. The molecule has 0 aliphatic rings. The van der Waals surface area contributed by atoms with Gasteiger partial charge in [-0.15, -0.1) is 11.3 Å². The fourth-order valence-electron chi connectivity index (χ4n) is 3.30. The van der Waals surface area contributed by atoms with Gasteiger partial charge in [0.25, 0.3) is 0 Å². The molecule has 0 aliphatic carbocycles. The van der Waals surface area contributed by atoms with Crippen LogP contribution in [0.25, 0.3) is 10.1 Å². The molecule has 1 amide bonds. The quantitative estimate of drug-likeness (QED) is 0.570.